The monoisotopic (exact) mass is 684 g/mol. The minimum absolute atomic E-state index is 0.0126. The van der Waals surface area contributed by atoms with Gasteiger partial charge in [-0.1, -0.05) is 29.8 Å². The van der Waals surface area contributed by atoms with Crippen LogP contribution in [0.4, 0.5) is 13.2 Å². The van der Waals surface area contributed by atoms with E-state index in [-0.39, 0.29) is 34.5 Å². The molecular weight excluding hydrogens is 657 g/mol. The number of fused-ring (bicyclic) bond motifs is 3. The van der Waals surface area contributed by atoms with Gasteiger partial charge in [-0.05, 0) is 68.1 Å². The van der Waals surface area contributed by atoms with E-state index in [2.05, 4.69) is 39.9 Å². The zero-order valence-electron chi connectivity index (χ0n) is 24.7. The summed E-state index contributed by atoms with van der Waals surface area (Å²) in [6, 6.07) is 9.92. The van der Waals surface area contributed by atoms with Crippen molar-refractivity contribution >= 4 is 27.5 Å². The van der Waals surface area contributed by atoms with Gasteiger partial charge in [0.2, 0.25) is 0 Å². The standard InChI is InChI=1S/C31H28BrF3N6O4/c1-16(2)11-20-14-36-41-25-15-39(28(42)19-7-10-24(32)23(13-19)31(33,34)35)17(3)12-22(25)29(43)40(27(20)41)21-8-5-18(6-9-21)26-37-30(44)45-38(26)4/h5-10,13-14,16-17H,11-12,15H2,1-4H3/t17-/m0/s1. The fourth-order valence-electron chi connectivity index (χ4n) is 5.86. The highest BCUT2D eigenvalue weighted by atomic mass is 79.9. The first-order valence-corrected chi connectivity index (χ1v) is 15.0. The van der Waals surface area contributed by atoms with Crippen LogP contribution in [0.5, 0.6) is 0 Å². The second-order valence-electron chi connectivity index (χ2n) is 11.6. The predicted octanol–water partition coefficient (Wildman–Crippen LogP) is 5.41. The lowest BCUT2D eigenvalue weighted by atomic mass is 9.97. The third-order valence-electron chi connectivity index (χ3n) is 7.95. The molecule has 0 aliphatic carbocycles. The van der Waals surface area contributed by atoms with Gasteiger partial charge in [-0.3, -0.25) is 14.2 Å². The Morgan fingerprint density at radius 3 is 2.47 bits per heavy atom. The molecule has 0 radical (unpaired) electrons. The molecule has 4 heterocycles. The molecular formula is C31H28BrF3N6O4. The summed E-state index contributed by atoms with van der Waals surface area (Å²) in [5, 5.41) is 4.64. The molecule has 0 spiro atoms. The molecule has 1 aliphatic rings. The summed E-state index contributed by atoms with van der Waals surface area (Å²) in [6.07, 6.45) is -2.13. The van der Waals surface area contributed by atoms with Crippen LogP contribution in [0.3, 0.4) is 0 Å². The number of amides is 1. The van der Waals surface area contributed by atoms with Crippen LogP contribution in [-0.4, -0.2) is 40.8 Å². The molecule has 3 aromatic heterocycles. The number of rotatable bonds is 5. The number of nitrogens with zero attached hydrogens (tertiary/aromatic N) is 6. The number of aromatic nitrogens is 5. The van der Waals surface area contributed by atoms with E-state index in [0.29, 0.717) is 40.4 Å². The first-order chi connectivity index (χ1) is 21.2. The first kappa shape index (κ1) is 30.6. The zero-order valence-corrected chi connectivity index (χ0v) is 26.3. The van der Waals surface area contributed by atoms with Crippen LogP contribution >= 0.6 is 15.9 Å². The van der Waals surface area contributed by atoms with E-state index in [0.717, 1.165) is 11.6 Å². The quantitative estimate of drug-likeness (QED) is 0.245. The van der Waals surface area contributed by atoms with Crippen molar-refractivity contribution in [3.05, 3.63) is 102 Å². The van der Waals surface area contributed by atoms with Gasteiger partial charge < -0.3 is 9.42 Å². The molecule has 0 N–H and O–H groups in total. The second-order valence-corrected chi connectivity index (χ2v) is 12.4. The van der Waals surface area contributed by atoms with E-state index in [1.807, 2.05) is 0 Å². The molecule has 1 aliphatic heterocycles. The summed E-state index contributed by atoms with van der Waals surface area (Å²) in [5.74, 6) is -0.710. The SMILES string of the molecule is CC(C)Cc1cnn2c3c(c(=O)n(-c4ccc(-c5nc(=O)on5C)cc4)c12)C[C@H](C)N(C(=O)c1ccc(Br)c(C(F)(F)F)c1)C3. The molecule has 0 unspecified atom stereocenters. The molecule has 0 saturated heterocycles. The third kappa shape index (κ3) is 5.40. The topological polar surface area (TPSA) is 108 Å². The van der Waals surface area contributed by atoms with Crippen molar-refractivity contribution in [3.63, 3.8) is 0 Å². The summed E-state index contributed by atoms with van der Waals surface area (Å²) in [7, 11) is 1.57. The maximum Gasteiger partial charge on any atom is 0.460 e. The van der Waals surface area contributed by atoms with Crippen molar-refractivity contribution in [1.29, 1.82) is 0 Å². The van der Waals surface area contributed by atoms with Gasteiger partial charge in [0, 0.05) is 39.8 Å². The molecule has 0 saturated carbocycles. The van der Waals surface area contributed by atoms with Crippen molar-refractivity contribution in [2.45, 2.75) is 52.4 Å². The molecule has 14 heteroatoms. The molecule has 1 atom stereocenters. The van der Waals surface area contributed by atoms with Crippen LogP contribution in [0, 0.1) is 5.92 Å². The molecule has 6 rings (SSSR count). The van der Waals surface area contributed by atoms with Crippen molar-refractivity contribution in [2.75, 3.05) is 0 Å². The number of halogens is 4. The number of hydrogen-bond acceptors (Lipinski definition) is 6. The van der Waals surface area contributed by atoms with Crippen molar-refractivity contribution in [2.24, 2.45) is 13.0 Å². The van der Waals surface area contributed by atoms with Gasteiger partial charge in [-0.2, -0.15) is 28.0 Å². The van der Waals surface area contributed by atoms with Crippen LogP contribution in [-0.2, 0) is 32.6 Å². The summed E-state index contributed by atoms with van der Waals surface area (Å²) in [5.41, 5.74) is 2.22. The molecule has 0 fully saturated rings. The van der Waals surface area contributed by atoms with Gasteiger partial charge in [0.15, 0.2) is 5.82 Å². The predicted molar refractivity (Wildman–Crippen MR) is 162 cm³/mol. The Hall–Kier alpha value is -4.46. The lowest BCUT2D eigenvalue weighted by Gasteiger charge is -2.35. The summed E-state index contributed by atoms with van der Waals surface area (Å²) in [4.78, 5) is 44.9. The largest absolute Gasteiger partial charge is 0.460 e. The van der Waals surface area contributed by atoms with Crippen LogP contribution in [0.1, 0.15) is 53.5 Å². The van der Waals surface area contributed by atoms with Crippen LogP contribution < -0.4 is 11.3 Å². The smallest absolute Gasteiger partial charge is 0.330 e. The van der Waals surface area contributed by atoms with Crippen molar-refractivity contribution in [1.82, 2.24) is 28.8 Å². The van der Waals surface area contributed by atoms with Gasteiger partial charge in [0.05, 0.1) is 29.7 Å². The van der Waals surface area contributed by atoms with Gasteiger partial charge in [-0.15, -0.1) is 0 Å². The van der Waals surface area contributed by atoms with Crippen LogP contribution in [0.25, 0.3) is 22.7 Å². The van der Waals surface area contributed by atoms with Gasteiger partial charge in [0.25, 0.3) is 11.5 Å². The third-order valence-corrected chi connectivity index (χ3v) is 8.64. The fraction of sp³-hybridized carbons (Fsp3) is 0.323. The van der Waals surface area contributed by atoms with Crippen LogP contribution in [0.2, 0.25) is 0 Å². The Bertz CT molecular complexity index is 2070. The van der Waals surface area contributed by atoms with E-state index < -0.39 is 29.4 Å². The van der Waals surface area contributed by atoms with E-state index in [4.69, 9.17) is 4.52 Å². The van der Waals surface area contributed by atoms with Crippen molar-refractivity contribution in [3.8, 4) is 17.1 Å². The second kappa shape index (κ2) is 11.2. The molecule has 2 aromatic carbocycles. The highest BCUT2D eigenvalue weighted by Crippen LogP contribution is 2.36. The summed E-state index contributed by atoms with van der Waals surface area (Å²) in [6.45, 7) is 5.86. The fourth-order valence-corrected chi connectivity index (χ4v) is 6.34. The highest BCUT2D eigenvalue weighted by Gasteiger charge is 2.36. The normalized spacial score (nSPS) is 15.2. The average Bonchev–Trinajstić information content (AvgIpc) is 3.54. The zero-order chi connectivity index (χ0) is 32.4. The Kier molecular flexibility index (Phi) is 7.58. The number of benzene rings is 2. The lowest BCUT2D eigenvalue weighted by molar-refractivity contribution is -0.138. The molecule has 0 bridgehead atoms. The van der Waals surface area contributed by atoms with E-state index in [1.54, 1.807) is 53.5 Å². The van der Waals surface area contributed by atoms with E-state index >= 15 is 0 Å². The molecule has 10 nitrogen and oxygen atoms in total. The number of hydrogen-bond donors (Lipinski definition) is 0. The number of alkyl halides is 3. The van der Waals surface area contributed by atoms with Crippen molar-refractivity contribution < 1.29 is 22.5 Å². The minimum Gasteiger partial charge on any atom is -0.330 e. The number of carbonyl (C=O) groups excluding carboxylic acids is 1. The highest BCUT2D eigenvalue weighted by molar-refractivity contribution is 9.10. The summed E-state index contributed by atoms with van der Waals surface area (Å²) >= 11 is 2.93. The average molecular weight is 686 g/mol. The van der Waals surface area contributed by atoms with Gasteiger partial charge >= 0.3 is 11.9 Å². The molecule has 45 heavy (non-hydrogen) atoms. The molecule has 234 valence electrons. The van der Waals surface area contributed by atoms with Gasteiger partial charge in [-0.25, -0.2) is 9.31 Å². The van der Waals surface area contributed by atoms with Gasteiger partial charge in [0.1, 0.15) is 5.65 Å². The Labute approximate surface area is 262 Å². The van der Waals surface area contributed by atoms with E-state index in [1.165, 1.54) is 21.8 Å². The Balaban J connectivity index is 1.47. The Morgan fingerprint density at radius 1 is 1.13 bits per heavy atom. The molecule has 1 amide bonds. The number of carbonyl (C=O) groups is 1. The van der Waals surface area contributed by atoms with E-state index in [9.17, 15) is 27.6 Å². The number of aryl methyl sites for hydroxylation is 1. The van der Waals surface area contributed by atoms with Crippen LogP contribution in [0.15, 0.2) is 67.2 Å². The maximum absolute atomic E-state index is 14.3. The minimum atomic E-state index is -4.64. The Morgan fingerprint density at radius 2 is 1.84 bits per heavy atom. The maximum atomic E-state index is 14.3. The first-order valence-electron chi connectivity index (χ1n) is 14.2. The summed E-state index contributed by atoms with van der Waals surface area (Å²) < 4.78 is 50.1. The lowest BCUT2D eigenvalue weighted by Crippen LogP contribution is -2.46. The molecule has 5 aromatic rings.